The average Bonchev–Trinajstić information content (AvgIpc) is 3.34. The number of primary amides is 1. The molecule has 1 atom stereocenters. The van der Waals surface area contributed by atoms with Gasteiger partial charge in [0.15, 0.2) is 0 Å². The molecule has 3 aliphatic rings. The minimum absolute atomic E-state index is 0.0985. The van der Waals surface area contributed by atoms with E-state index in [1.165, 1.54) is 29.7 Å². The summed E-state index contributed by atoms with van der Waals surface area (Å²) in [6, 6.07) is 10.6. The van der Waals surface area contributed by atoms with E-state index in [9.17, 15) is 4.79 Å². The molecule has 2 aromatic rings. The van der Waals surface area contributed by atoms with Crippen molar-refractivity contribution in [1.29, 1.82) is 0 Å². The number of amides is 1. The third kappa shape index (κ3) is 4.37. The monoisotopic (exact) mass is 420 g/mol. The number of hydrogen-bond acceptors (Lipinski definition) is 6. The topological polar surface area (TPSA) is 78.6 Å². The molecule has 0 aliphatic carbocycles. The molecule has 31 heavy (non-hydrogen) atoms. The first-order valence-electron chi connectivity index (χ1n) is 11.6. The smallest absolute Gasteiger partial charge is 0.227 e. The Balaban J connectivity index is 1.46. The van der Waals surface area contributed by atoms with E-state index in [0.29, 0.717) is 6.54 Å². The number of carbonyl (C=O) groups excluding carboxylic acids is 1. The van der Waals surface area contributed by atoms with E-state index in [0.717, 1.165) is 70.3 Å². The fraction of sp³-hybridized carbons (Fsp3) is 0.542. The normalized spacial score (nSPS) is 21.9. The maximum Gasteiger partial charge on any atom is 0.227 e. The zero-order chi connectivity index (χ0) is 21.2. The van der Waals surface area contributed by atoms with Gasteiger partial charge in [0.1, 0.15) is 5.82 Å². The fourth-order valence-electron chi connectivity index (χ4n) is 5.14. The van der Waals surface area contributed by atoms with E-state index >= 15 is 0 Å². The number of carbonyl (C=O) groups is 1. The van der Waals surface area contributed by atoms with Crippen molar-refractivity contribution in [2.75, 3.05) is 42.5 Å². The molecule has 164 valence electrons. The maximum atomic E-state index is 11.9. The van der Waals surface area contributed by atoms with Crippen LogP contribution >= 0.6 is 0 Å². The Labute approximate surface area is 184 Å². The van der Waals surface area contributed by atoms with Crippen molar-refractivity contribution in [3.63, 3.8) is 0 Å². The van der Waals surface area contributed by atoms with Gasteiger partial charge in [0, 0.05) is 57.8 Å². The molecule has 0 bridgehead atoms. The lowest BCUT2D eigenvalue weighted by Gasteiger charge is -2.37. The van der Waals surface area contributed by atoms with Gasteiger partial charge in [-0.3, -0.25) is 9.69 Å². The molecule has 5 rings (SSSR count). The standard InChI is InChI=1S/C24H32N6O/c25-22(31)19-9-6-13-30(16-19)23-20-17-28(15-18-7-2-1-3-8-18)14-10-21(20)26-24(27-23)29-11-4-5-12-29/h1-3,7-8,19H,4-6,9-17H2,(H2,25,31)/t19-/m0/s1. The Bertz CT molecular complexity index is 927. The van der Waals surface area contributed by atoms with Crippen molar-refractivity contribution in [3.05, 3.63) is 47.2 Å². The first kappa shape index (κ1) is 20.2. The van der Waals surface area contributed by atoms with Gasteiger partial charge in [0.25, 0.3) is 0 Å². The Morgan fingerprint density at radius 2 is 1.77 bits per heavy atom. The van der Waals surface area contributed by atoms with Crippen molar-refractivity contribution in [2.24, 2.45) is 11.7 Å². The molecule has 7 nitrogen and oxygen atoms in total. The Hall–Kier alpha value is -2.67. The molecule has 7 heteroatoms. The molecule has 0 unspecified atom stereocenters. The van der Waals surface area contributed by atoms with Crippen molar-refractivity contribution < 1.29 is 4.79 Å². The van der Waals surface area contributed by atoms with Crippen LogP contribution in [-0.2, 0) is 24.3 Å². The number of benzene rings is 1. The summed E-state index contributed by atoms with van der Waals surface area (Å²) >= 11 is 0. The molecule has 0 spiro atoms. The van der Waals surface area contributed by atoms with Crippen molar-refractivity contribution in [1.82, 2.24) is 14.9 Å². The van der Waals surface area contributed by atoms with Gasteiger partial charge in [-0.05, 0) is 31.2 Å². The predicted octanol–water partition coefficient (Wildman–Crippen LogP) is 2.34. The van der Waals surface area contributed by atoms with Crippen LogP contribution in [0.5, 0.6) is 0 Å². The molecule has 0 radical (unpaired) electrons. The number of hydrogen-bond donors (Lipinski definition) is 1. The van der Waals surface area contributed by atoms with Crippen molar-refractivity contribution in [2.45, 2.75) is 45.2 Å². The Morgan fingerprint density at radius 1 is 1.00 bits per heavy atom. The highest BCUT2D eigenvalue weighted by atomic mass is 16.1. The summed E-state index contributed by atoms with van der Waals surface area (Å²) in [5.41, 5.74) is 9.41. The molecule has 1 amide bonds. The summed E-state index contributed by atoms with van der Waals surface area (Å²) in [4.78, 5) is 29.1. The zero-order valence-corrected chi connectivity index (χ0v) is 18.2. The molecule has 4 heterocycles. The van der Waals surface area contributed by atoms with Gasteiger partial charge in [0.2, 0.25) is 11.9 Å². The average molecular weight is 421 g/mol. The summed E-state index contributed by atoms with van der Waals surface area (Å²) in [7, 11) is 0. The van der Waals surface area contributed by atoms with Crippen LogP contribution in [0.2, 0.25) is 0 Å². The molecule has 2 fully saturated rings. The molecule has 1 aromatic carbocycles. The molecule has 2 N–H and O–H groups in total. The highest BCUT2D eigenvalue weighted by Gasteiger charge is 2.31. The van der Waals surface area contributed by atoms with E-state index < -0.39 is 0 Å². The summed E-state index contributed by atoms with van der Waals surface area (Å²) in [5.74, 6) is 1.59. The fourth-order valence-corrected chi connectivity index (χ4v) is 5.14. The molecule has 3 aliphatic heterocycles. The first-order chi connectivity index (χ1) is 15.2. The van der Waals surface area contributed by atoms with Crippen molar-refractivity contribution in [3.8, 4) is 0 Å². The zero-order valence-electron chi connectivity index (χ0n) is 18.2. The van der Waals surface area contributed by atoms with Gasteiger partial charge < -0.3 is 15.5 Å². The van der Waals surface area contributed by atoms with Crippen LogP contribution in [0.4, 0.5) is 11.8 Å². The number of aromatic nitrogens is 2. The second-order valence-electron chi connectivity index (χ2n) is 9.10. The lowest BCUT2D eigenvalue weighted by molar-refractivity contribution is -0.122. The highest BCUT2D eigenvalue weighted by molar-refractivity contribution is 5.77. The number of rotatable bonds is 5. The van der Waals surface area contributed by atoms with Crippen LogP contribution < -0.4 is 15.5 Å². The lowest BCUT2D eigenvalue weighted by Crippen LogP contribution is -2.43. The first-order valence-corrected chi connectivity index (χ1v) is 11.6. The predicted molar refractivity (Wildman–Crippen MR) is 122 cm³/mol. The van der Waals surface area contributed by atoms with Crippen LogP contribution in [0.1, 0.15) is 42.5 Å². The largest absolute Gasteiger partial charge is 0.369 e. The number of piperidine rings is 1. The maximum absolute atomic E-state index is 11.9. The molecule has 1 aromatic heterocycles. The minimum Gasteiger partial charge on any atom is -0.369 e. The number of nitrogens with two attached hydrogens (primary N) is 1. The van der Waals surface area contributed by atoms with E-state index in [-0.39, 0.29) is 11.8 Å². The summed E-state index contributed by atoms with van der Waals surface area (Å²) in [6.45, 7) is 6.42. The lowest BCUT2D eigenvalue weighted by atomic mass is 9.96. The number of fused-ring (bicyclic) bond motifs is 1. The van der Waals surface area contributed by atoms with Gasteiger partial charge in [-0.2, -0.15) is 4.98 Å². The SMILES string of the molecule is NC(=O)[C@H]1CCCN(c2nc(N3CCCC3)nc3c2CN(Cc2ccccc2)CC3)C1. The molecule has 2 saturated heterocycles. The van der Waals surface area contributed by atoms with Crippen molar-refractivity contribution >= 4 is 17.7 Å². The second kappa shape index (κ2) is 8.83. The van der Waals surface area contributed by atoms with Gasteiger partial charge in [-0.1, -0.05) is 30.3 Å². The summed E-state index contributed by atoms with van der Waals surface area (Å²) in [5, 5.41) is 0. The van der Waals surface area contributed by atoms with Crippen LogP contribution in [0.25, 0.3) is 0 Å². The third-order valence-electron chi connectivity index (χ3n) is 6.87. The molecular weight excluding hydrogens is 388 g/mol. The van der Waals surface area contributed by atoms with Gasteiger partial charge in [-0.15, -0.1) is 0 Å². The van der Waals surface area contributed by atoms with E-state index in [1.54, 1.807) is 0 Å². The highest BCUT2D eigenvalue weighted by Crippen LogP contribution is 2.33. The number of nitrogens with zero attached hydrogens (tertiary/aromatic N) is 5. The van der Waals surface area contributed by atoms with Crippen LogP contribution in [-0.4, -0.2) is 53.5 Å². The Morgan fingerprint density at radius 3 is 2.55 bits per heavy atom. The summed E-state index contributed by atoms with van der Waals surface area (Å²) < 4.78 is 0. The van der Waals surface area contributed by atoms with E-state index in [4.69, 9.17) is 15.7 Å². The molecule has 0 saturated carbocycles. The van der Waals surface area contributed by atoms with Gasteiger partial charge >= 0.3 is 0 Å². The Kier molecular flexibility index (Phi) is 5.76. The van der Waals surface area contributed by atoms with Crippen LogP contribution in [0.3, 0.4) is 0 Å². The van der Waals surface area contributed by atoms with Gasteiger partial charge in [0.05, 0.1) is 11.6 Å². The quantitative estimate of drug-likeness (QED) is 0.800. The minimum atomic E-state index is -0.196. The number of anilines is 2. The van der Waals surface area contributed by atoms with Crippen LogP contribution in [0.15, 0.2) is 30.3 Å². The summed E-state index contributed by atoms with van der Waals surface area (Å²) in [6.07, 6.45) is 5.19. The molecular formula is C24H32N6O. The van der Waals surface area contributed by atoms with E-state index in [1.807, 2.05) is 0 Å². The van der Waals surface area contributed by atoms with Gasteiger partial charge in [-0.25, -0.2) is 4.98 Å². The second-order valence-corrected chi connectivity index (χ2v) is 9.10. The van der Waals surface area contributed by atoms with E-state index in [2.05, 4.69) is 45.0 Å². The third-order valence-corrected chi connectivity index (χ3v) is 6.87. The van der Waals surface area contributed by atoms with Crippen LogP contribution in [0, 0.1) is 5.92 Å².